The third kappa shape index (κ3) is 2.46. The molecule has 2 nitrogen and oxygen atoms in total. The minimum atomic E-state index is 0.0451. The first-order valence-electron chi connectivity index (χ1n) is 4.51. The Balaban J connectivity index is 2.33. The van der Waals surface area contributed by atoms with E-state index in [0.717, 1.165) is 19.4 Å². The minimum absolute atomic E-state index is 0.0451. The maximum Gasteiger partial charge on any atom is 0.160 e. The molecule has 0 aliphatic carbocycles. The fourth-order valence-corrected chi connectivity index (χ4v) is 1.18. The van der Waals surface area contributed by atoms with Crippen molar-refractivity contribution >= 4 is 0 Å². The maximum absolute atomic E-state index is 5.62. The highest BCUT2D eigenvalue weighted by Crippen LogP contribution is 2.20. The monoisotopic (exact) mass is 158 g/mol. The van der Waals surface area contributed by atoms with Crippen molar-refractivity contribution in [1.29, 1.82) is 0 Å². The molecule has 1 aliphatic rings. The van der Waals surface area contributed by atoms with Gasteiger partial charge in [-0.2, -0.15) is 0 Å². The summed E-state index contributed by atoms with van der Waals surface area (Å²) in [6.45, 7) is 7.30. The van der Waals surface area contributed by atoms with E-state index in [-0.39, 0.29) is 6.29 Å². The van der Waals surface area contributed by atoms with E-state index < -0.39 is 0 Å². The molecule has 0 aromatic rings. The summed E-state index contributed by atoms with van der Waals surface area (Å²) in [6.07, 6.45) is 2.58. The second-order valence-corrected chi connectivity index (χ2v) is 3.36. The fraction of sp³-hybridized carbons (Fsp3) is 1.00. The molecule has 66 valence electrons. The lowest BCUT2D eigenvalue weighted by Gasteiger charge is -2.31. The molecular weight excluding hydrogens is 140 g/mol. The number of hydrogen-bond donors (Lipinski definition) is 0. The van der Waals surface area contributed by atoms with Gasteiger partial charge in [0.05, 0.1) is 12.7 Å². The highest BCUT2D eigenvalue weighted by molar-refractivity contribution is 4.63. The van der Waals surface area contributed by atoms with Crippen molar-refractivity contribution in [2.45, 2.75) is 46.0 Å². The van der Waals surface area contributed by atoms with Crippen LogP contribution in [-0.2, 0) is 9.47 Å². The average molecular weight is 158 g/mol. The van der Waals surface area contributed by atoms with Crippen molar-refractivity contribution in [2.75, 3.05) is 6.61 Å². The van der Waals surface area contributed by atoms with Gasteiger partial charge in [0.25, 0.3) is 0 Å². The third-order valence-electron chi connectivity index (χ3n) is 2.28. The van der Waals surface area contributed by atoms with Gasteiger partial charge in [-0.05, 0) is 19.8 Å². The van der Waals surface area contributed by atoms with E-state index in [2.05, 4.69) is 20.8 Å². The molecule has 1 aliphatic heterocycles. The highest BCUT2D eigenvalue weighted by Gasteiger charge is 2.23. The molecule has 1 fully saturated rings. The normalized spacial score (nSPS) is 35.2. The van der Waals surface area contributed by atoms with Gasteiger partial charge in [-0.1, -0.05) is 13.8 Å². The van der Waals surface area contributed by atoms with Gasteiger partial charge in [0.1, 0.15) is 0 Å². The van der Waals surface area contributed by atoms with Gasteiger partial charge in [-0.15, -0.1) is 0 Å². The predicted molar refractivity (Wildman–Crippen MR) is 44.4 cm³/mol. The first-order valence-corrected chi connectivity index (χ1v) is 4.51. The maximum atomic E-state index is 5.62. The zero-order valence-corrected chi connectivity index (χ0v) is 7.67. The molecule has 0 aromatic heterocycles. The predicted octanol–water partition coefficient (Wildman–Crippen LogP) is 2.18. The first kappa shape index (κ1) is 9.01. The van der Waals surface area contributed by atoms with Crippen LogP contribution in [-0.4, -0.2) is 19.0 Å². The molecule has 3 atom stereocenters. The van der Waals surface area contributed by atoms with Crippen LogP contribution in [0, 0.1) is 5.92 Å². The Labute approximate surface area is 68.9 Å². The van der Waals surface area contributed by atoms with Crippen molar-refractivity contribution in [3.8, 4) is 0 Å². The summed E-state index contributed by atoms with van der Waals surface area (Å²) >= 11 is 0. The number of ether oxygens (including phenoxy) is 2. The van der Waals surface area contributed by atoms with Crippen LogP contribution in [0.15, 0.2) is 0 Å². The molecule has 0 aromatic carbocycles. The lowest BCUT2D eigenvalue weighted by molar-refractivity contribution is -0.228. The topological polar surface area (TPSA) is 18.5 Å². The van der Waals surface area contributed by atoms with Gasteiger partial charge >= 0.3 is 0 Å². The second kappa shape index (κ2) is 4.07. The summed E-state index contributed by atoms with van der Waals surface area (Å²) in [5.41, 5.74) is 0. The molecule has 0 amide bonds. The quantitative estimate of drug-likeness (QED) is 0.613. The van der Waals surface area contributed by atoms with Crippen LogP contribution in [0.25, 0.3) is 0 Å². The summed E-state index contributed by atoms with van der Waals surface area (Å²) in [6, 6.07) is 0. The highest BCUT2D eigenvalue weighted by atomic mass is 16.7. The van der Waals surface area contributed by atoms with Gasteiger partial charge < -0.3 is 9.47 Å². The molecule has 0 spiro atoms. The van der Waals surface area contributed by atoms with E-state index in [1.807, 2.05) is 0 Å². The van der Waals surface area contributed by atoms with E-state index in [1.54, 1.807) is 0 Å². The van der Waals surface area contributed by atoms with Crippen LogP contribution in [0.2, 0.25) is 0 Å². The molecule has 1 rings (SSSR count). The summed E-state index contributed by atoms with van der Waals surface area (Å²) in [4.78, 5) is 0. The summed E-state index contributed by atoms with van der Waals surface area (Å²) in [7, 11) is 0. The van der Waals surface area contributed by atoms with Crippen molar-refractivity contribution < 1.29 is 9.47 Å². The van der Waals surface area contributed by atoms with E-state index in [0.29, 0.717) is 12.0 Å². The zero-order chi connectivity index (χ0) is 8.27. The van der Waals surface area contributed by atoms with Crippen molar-refractivity contribution in [3.63, 3.8) is 0 Å². The molecule has 1 saturated heterocycles. The van der Waals surface area contributed by atoms with Gasteiger partial charge in [0.2, 0.25) is 0 Å². The lowest BCUT2D eigenvalue weighted by Crippen LogP contribution is -2.34. The molecule has 0 radical (unpaired) electrons. The smallest absolute Gasteiger partial charge is 0.160 e. The molecule has 11 heavy (non-hydrogen) atoms. The Morgan fingerprint density at radius 3 is 2.82 bits per heavy atom. The van der Waals surface area contributed by atoms with Crippen LogP contribution in [0.5, 0.6) is 0 Å². The van der Waals surface area contributed by atoms with Gasteiger partial charge in [0, 0.05) is 5.92 Å². The van der Waals surface area contributed by atoms with E-state index in [1.165, 1.54) is 0 Å². The van der Waals surface area contributed by atoms with E-state index >= 15 is 0 Å². The van der Waals surface area contributed by atoms with Crippen molar-refractivity contribution in [3.05, 3.63) is 0 Å². The average Bonchev–Trinajstić information content (AvgIpc) is 2.03. The Kier molecular flexibility index (Phi) is 3.34. The minimum Gasteiger partial charge on any atom is -0.352 e. The zero-order valence-electron chi connectivity index (χ0n) is 7.67. The van der Waals surface area contributed by atoms with Crippen LogP contribution < -0.4 is 0 Å². The standard InChI is InChI=1S/C9H18O2/c1-4-7(2)9-10-6-5-8(3)11-9/h7-9H,4-6H2,1-3H3. The SMILES string of the molecule is CCC(C)C1OCCC(C)O1. The third-order valence-corrected chi connectivity index (χ3v) is 2.28. The molecule has 2 heteroatoms. The van der Waals surface area contributed by atoms with Gasteiger partial charge in [-0.25, -0.2) is 0 Å². The van der Waals surface area contributed by atoms with E-state index in [9.17, 15) is 0 Å². The lowest BCUT2D eigenvalue weighted by atomic mass is 10.1. The Hall–Kier alpha value is -0.0800. The van der Waals surface area contributed by atoms with Crippen molar-refractivity contribution in [2.24, 2.45) is 5.92 Å². The summed E-state index contributed by atoms with van der Waals surface area (Å²) < 4.78 is 11.1. The van der Waals surface area contributed by atoms with Crippen LogP contribution in [0.4, 0.5) is 0 Å². The Morgan fingerprint density at radius 1 is 1.55 bits per heavy atom. The Morgan fingerprint density at radius 2 is 2.27 bits per heavy atom. The van der Waals surface area contributed by atoms with Crippen molar-refractivity contribution in [1.82, 2.24) is 0 Å². The van der Waals surface area contributed by atoms with Crippen LogP contribution >= 0.6 is 0 Å². The number of hydrogen-bond acceptors (Lipinski definition) is 2. The number of rotatable bonds is 2. The summed E-state index contributed by atoms with van der Waals surface area (Å²) in [5.74, 6) is 0.526. The largest absolute Gasteiger partial charge is 0.352 e. The van der Waals surface area contributed by atoms with E-state index in [4.69, 9.17) is 9.47 Å². The van der Waals surface area contributed by atoms with Gasteiger partial charge in [0.15, 0.2) is 6.29 Å². The molecule has 1 heterocycles. The molecule has 0 N–H and O–H groups in total. The first-order chi connectivity index (χ1) is 5.24. The summed E-state index contributed by atoms with van der Waals surface area (Å²) in [5, 5.41) is 0. The van der Waals surface area contributed by atoms with Crippen LogP contribution in [0.1, 0.15) is 33.6 Å². The van der Waals surface area contributed by atoms with Gasteiger partial charge in [-0.3, -0.25) is 0 Å². The molecule has 0 bridgehead atoms. The molecule has 0 saturated carbocycles. The molecular formula is C9H18O2. The fourth-order valence-electron chi connectivity index (χ4n) is 1.18. The van der Waals surface area contributed by atoms with Crippen LogP contribution in [0.3, 0.4) is 0 Å². The Bertz CT molecular complexity index is 114. The second-order valence-electron chi connectivity index (χ2n) is 3.36. The molecule has 3 unspecified atom stereocenters.